The Hall–Kier alpha value is -2.87. The fraction of sp³-hybridized carbons (Fsp3) is 0.0714. The number of aromatic nitrogens is 1. The lowest BCUT2D eigenvalue weighted by Gasteiger charge is -2.07. The fourth-order valence-corrected chi connectivity index (χ4v) is 2.52. The van der Waals surface area contributed by atoms with Crippen molar-refractivity contribution in [1.82, 2.24) is 4.98 Å². The SMILES string of the molecule is COc1ccccc1NC(=O)/C=c1\[nH]c(=O)/c(=C\C(=O)O)s1. The van der Waals surface area contributed by atoms with Crippen LogP contribution in [0.25, 0.3) is 12.2 Å². The third kappa shape index (κ3) is 3.83. The highest BCUT2D eigenvalue weighted by Crippen LogP contribution is 2.22. The molecule has 114 valence electrons. The van der Waals surface area contributed by atoms with Crippen LogP contribution in [0.1, 0.15) is 0 Å². The topological polar surface area (TPSA) is 108 Å². The summed E-state index contributed by atoms with van der Waals surface area (Å²) in [4.78, 5) is 36.4. The second kappa shape index (κ2) is 6.72. The second-order valence-corrected chi connectivity index (χ2v) is 5.18. The first-order chi connectivity index (χ1) is 10.5. The Labute approximate surface area is 128 Å². The highest BCUT2D eigenvalue weighted by molar-refractivity contribution is 7.07. The molecule has 7 nitrogen and oxygen atoms in total. The monoisotopic (exact) mass is 320 g/mol. The Bertz CT molecular complexity index is 881. The Morgan fingerprint density at radius 2 is 2.05 bits per heavy atom. The lowest BCUT2D eigenvalue weighted by atomic mass is 10.3. The number of hydrogen-bond acceptors (Lipinski definition) is 5. The number of ether oxygens (including phenoxy) is 1. The number of carbonyl (C=O) groups excluding carboxylic acids is 1. The number of nitrogens with one attached hydrogen (secondary N) is 2. The van der Waals surface area contributed by atoms with Gasteiger partial charge in [0.15, 0.2) is 0 Å². The minimum atomic E-state index is -1.22. The predicted molar refractivity (Wildman–Crippen MR) is 82.4 cm³/mol. The quantitative estimate of drug-likeness (QED) is 0.718. The molecule has 1 aromatic heterocycles. The standard InChI is InChI=1S/C14H12N2O5S/c1-21-9-5-3-2-4-8(9)15-11(17)7-12-16-14(20)10(22-12)6-13(18)19/h2-7H,1H3,(H,15,17)(H,16,20)(H,18,19)/b10-6+,12-7+. The number of methoxy groups -OCH3 is 1. The normalized spacial score (nSPS) is 12.2. The lowest BCUT2D eigenvalue weighted by molar-refractivity contribution is -0.129. The van der Waals surface area contributed by atoms with E-state index in [9.17, 15) is 14.4 Å². The molecule has 3 N–H and O–H groups in total. The highest BCUT2D eigenvalue weighted by Gasteiger charge is 2.05. The molecule has 0 aliphatic heterocycles. The van der Waals surface area contributed by atoms with Gasteiger partial charge >= 0.3 is 5.97 Å². The summed E-state index contributed by atoms with van der Waals surface area (Å²) in [6.07, 6.45) is 1.97. The summed E-state index contributed by atoms with van der Waals surface area (Å²) in [5, 5.41) is 11.2. The minimum Gasteiger partial charge on any atom is -0.495 e. The summed E-state index contributed by atoms with van der Waals surface area (Å²) < 4.78 is 5.38. The largest absolute Gasteiger partial charge is 0.495 e. The van der Waals surface area contributed by atoms with Crippen LogP contribution in [0, 0.1) is 0 Å². The van der Waals surface area contributed by atoms with Crippen LogP contribution >= 0.6 is 11.3 Å². The lowest BCUT2D eigenvalue weighted by Crippen LogP contribution is -2.21. The minimum absolute atomic E-state index is 0.0174. The first kappa shape index (κ1) is 15.5. The predicted octanol–water partition coefficient (Wildman–Crippen LogP) is -0.271. The summed E-state index contributed by atoms with van der Waals surface area (Å²) in [6.45, 7) is 0. The van der Waals surface area contributed by atoms with Gasteiger partial charge in [-0.25, -0.2) is 4.79 Å². The molecule has 0 saturated carbocycles. The van der Waals surface area contributed by atoms with Gasteiger partial charge < -0.3 is 20.1 Å². The van der Waals surface area contributed by atoms with E-state index in [1.54, 1.807) is 24.3 Å². The van der Waals surface area contributed by atoms with E-state index in [1.165, 1.54) is 13.2 Å². The van der Waals surface area contributed by atoms with Crippen molar-refractivity contribution < 1.29 is 19.4 Å². The molecule has 1 amide bonds. The van der Waals surface area contributed by atoms with Crippen LogP contribution in [0.3, 0.4) is 0 Å². The Morgan fingerprint density at radius 3 is 2.73 bits per heavy atom. The first-order valence-electron chi connectivity index (χ1n) is 6.09. The zero-order chi connectivity index (χ0) is 16.1. The summed E-state index contributed by atoms with van der Waals surface area (Å²) in [5.74, 6) is -1.19. The van der Waals surface area contributed by atoms with Crippen LogP contribution in [0.15, 0.2) is 29.1 Å². The molecule has 0 unspecified atom stereocenters. The smallest absolute Gasteiger partial charge is 0.329 e. The number of anilines is 1. The average Bonchev–Trinajstić information content (AvgIpc) is 2.78. The number of para-hydroxylation sites is 2. The van der Waals surface area contributed by atoms with Crippen molar-refractivity contribution >= 4 is 41.1 Å². The molecule has 0 aliphatic carbocycles. The highest BCUT2D eigenvalue weighted by atomic mass is 32.1. The van der Waals surface area contributed by atoms with Crippen molar-refractivity contribution in [3.05, 3.63) is 43.8 Å². The van der Waals surface area contributed by atoms with Gasteiger partial charge in [0, 0.05) is 12.2 Å². The maximum atomic E-state index is 11.9. The molecular formula is C14H12N2O5S. The number of amides is 1. The Balaban J connectivity index is 2.28. The third-order valence-electron chi connectivity index (χ3n) is 2.56. The zero-order valence-corrected chi connectivity index (χ0v) is 12.3. The molecule has 0 atom stereocenters. The van der Waals surface area contributed by atoms with Crippen LogP contribution in [0.4, 0.5) is 5.69 Å². The van der Waals surface area contributed by atoms with E-state index in [1.807, 2.05) is 0 Å². The number of rotatable bonds is 4. The molecule has 0 aliphatic rings. The van der Waals surface area contributed by atoms with E-state index < -0.39 is 17.4 Å². The van der Waals surface area contributed by atoms with Crippen LogP contribution in [-0.2, 0) is 9.59 Å². The van der Waals surface area contributed by atoms with Crippen molar-refractivity contribution in [2.45, 2.75) is 0 Å². The fourth-order valence-electron chi connectivity index (χ4n) is 1.67. The molecular weight excluding hydrogens is 308 g/mol. The van der Waals surface area contributed by atoms with Crippen LogP contribution in [0.5, 0.6) is 5.75 Å². The molecule has 1 heterocycles. The first-order valence-corrected chi connectivity index (χ1v) is 6.91. The Morgan fingerprint density at radius 1 is 1.32 bits per heavy atom. The third-order valence-corrected chi connectivity index (χ3v) is 3.53. The van der Waals surface area contributed by atoms with Gasteiger partial charge in [0.2, 0.25) is 0 Å². The maximum absolute atomic E-state index is 11.9. The summed E-state index contributed by atoms with van der Waals surface area (Å²) in [6, 6.07) is 6.88. The molecule has 1 aromatic carbocycles. The Kier molecular flexibility index (Phi) is 4.74. The number of aromatic amines is 1. The van der Waals surface area contributed by atoms with Crippen LogP contribution in [0.2, 0.25) is 0 Å². The summed E-state index contributed by atoms with van der Waals surface area (Å²) >= 11 is 0.885. The molecule has 0 radical (unpaired) electrons. The number of benzene rings is 1. The van der Waals surface area contributed by atoms with E-state index >= 15 is 0 Å². The summed E-state index contributed by atoms with van der Waals surface area (Å²) in [5.41, 5.74) is -0.0637. The number of carboxylic acid groups (broad SMARTS) is 1. The van der Waals surface area contributed by atoms with Gasteiger partial charge in [-0.3, -0.25) is 9.59 Å². The number of carboxylic acids is 1. The van der Waals surface area contributed by atoms with E-state index in [2.05, 4.69) is 10.3 Å². The molecule has 2 rings (SSSR count). The molecule has 0 saturated heterocycles. The summed E-state index contributed by atoms with van der Waals surface area (Å²) in [7, 11) is 1.49. The van der Waals surface area contributed by atoms with E-state index in [0.29, 0.717) is 11.4 Å². The zero-order valence-electron chi connectivity index (χ0n) is 11.5. The van der Waals surface area contributed by atoms with Gasteiger partial charge in [0.1, 0.15) is 14.9 Å². The van der Waals surface area contributed by atoms with E-state index in [0.717, 1.165) is 17.4 Å². The van der Waals surface area contributed by atoms with Gasteiger partial charge in [0.05, 0.1) is 12.8 Å². The van der Waals surface area contributed by atoms with Crippen molar-refractivity contribution in [2.24, 2.45) is 0 Å². The molecule has 22 heavy (non-hydrogen) atoms. The molecule has 0 fully saturated rings. The number of aliphatic carboxylic acids is 1. The number of carbonyl (C=O) groups is 2. The van der Waals surface area contributed by atoms with E-state index in [-0.39, 0.29) is 9.20 Å². The van der Waals surface area contributed by atoms with Crippen LogP contribution in [-0.4, -0.2) is 29.1 Å². The van der Waals surface area contributed by atoms with E-state index in [4.69, 9.17) is 9.84 Å². The molecule has 0 spiro atoms. The van der Waals surface area contributed by atoms with Crippen molar-refractivity contribution in [3.8, 4) is 5.75 Å². The van der Waals surface area contributed by atoms with Gasteiger partial charge in [-0.15, -0.1) is 11.3 Å². The van der Waals surface area contributed by atoms with Crippen LogP contribution < -0.4 is 24.8 Å². The number of H-pyrrole nitrogens is 1. The van der Waals surface area contributed by atoms with Crippen molar-refractivity contribution in [2.75, 3.05) is 12.4 Å². The van der Waals surface area contributed by atoms with Gasteiger partial charge in [-0.1, -0.05) is 12.1 Å². The van der Waals surface area contributed by atoms with Gasteiger partial charge in [-0.05, 0) is 12.1 Å². The molecule has 8 heteroatoms. The van der Waals surface area contributed by atoms with Crippen molar-refractivity contribution in [1.29, 1.82) is 0 Å². The number of thiazole rings is 1. The van der Waals surface area contributed by atoms with Gasteiger partial charge in [0.25, 0.3) is 11.5 Å². The molecule has 2 aromatic rings. The number of hydrogen-bond donors (Lipinski definition) is 3. The maximum Gasteiger partial charge on any atom is 0.329 e. The average molecular weight is 320 g/mol. The van der Waals surface area contributed by atoms with Gasteiger partial charge in [-0.2, -0.15) is 0 Å². The van der Waals surface area contributed by atoms with Crippen molar-refractivity contribution in [3.63, 3.8) is 0 Å². The molecule has 0 bridgehead atoms. The second-order valence-electron chi connectivity index (χ2n) is 4.10.